The van der Waals surface area contributed by atoms with Gasteiger partial charge in [-0.25, -0.2) is 24.0 Å². The molecule has 4 amide bonds. The van der Waals surface area contributed by atoms with E-state index in [1.807, 2.05) is 20.8 Å². The second kappa shape index (κ2) is 30.3. The van der Waals surface area contributed by atoms with E-state index in [9.17, 15) is 56.3 Å². The Bertz CT molecular complexity index is 1930. The zero-order valence-corrected chi connectivity index (χ0v) is 45.9. The molecule has 6 N–H and O–H groups in total. The largest absolute Gasteiger partial charge is 0.519 e. The van der Waals surface area contributed by atoms with Crippen molar-refractivity contribution in [1.82, 2.24) is 36.4 Å². The molecular formula is C47H81ClF3N7O18. The molecule has 0 bridgehead atoms. The zero-order valence-electron chi connectivity index (χ0n) is 45.1. The predicted molar refractivity (Wildman–Crippen MR) is 267 cm³/mol. The van der Waals surface area contributed by atoms with Crippen molar-refractivity contribution in [3.63, 3.8) is 0 Å². The van der Waals surface area contributed by atoms with Crippen LogP contribution in [-0.4, -0.2) is 193 Å². The molecule has 0 radical (unpaired) electrons. The van der Waals surface area contributed by atoms with Gasteiger partial charge in [0.25, 0.3) is 0 Å². The summed E-state index contributed by atoms with van der Waals surface area (Å²) in [6.45, 7) is 26.2. The van der Waals surface area contributed by atoms with Gasteiger partial charge in [-0.3, -0.25) is 33.8 Å². The van der Waals surface area contributed by atoms with Crippen molar-refractivity contribution in [3.8, 4) is 0 Å². The Morgan fingerprint density at radius 3 is 1.22 bits per heavy atom. The topological polar surface area (TPSA) is 322 Å². The fourth-order valence-electron chi connectivity index (χ4n) is 6.06. The Hall–Kier alpha value is -5.74. The van der Waals surface area contributed by atoms with E-state index in [4.69, 9.17) is 28.8 Å². The maximum Gasteiger partial charge on any atom is 0.519 e. The summed E-state index contributed by atoms with van der Waals surface area (Å²) < 4.78 is 64.5. The normalized spacial score (nSPS) is 23.0. The van der Waals surface area contributed by atoms with Gasteiger partial charge in [-0.2, -0.15) is 13.2 Å². The standard InChI is InChI=1S/C10H16N2O3.C10H17NO4.C10H18O5.C5H8N2O.C5H9NO2.C4H7NO2.C2HF3O.CH4.ClH/c1-9(2,3)15-8(14)12-5-4-10(12)6-11-7(10)13;1-10(2,3)15-9(13)11-6-5-7(11)8(12)14-4;1-9(2,3)14-7(11)13-8(12)15-10(4,5)6;8-4-5(3-6-4)1-2-7-5;1-8-5(7)4-2-3-6-4;6-4(7)3-1-2-5-3;3-2(4,5)1-6;;/h4-6H2,1-3H3,(H,11,13);7H,5-6H2,1-4H3;1-6H3;7H,1-3H2,(H,6,8);4,6H,2-3H2,1H3;3,5H,1-2H2,(H,6,7);1H;1H4;1H. The van der Waals surface area contributed by atoms with E-state index in [-0.39, 0.29) is 67.3 Å². The van der Waals surface area contributed by atoms with Crippen molar-refractivity contribution < 1.29 is 99.4 Å². The number of carbonyl (C=O) groups excluding carboxylic acids is 9. The molecule has 0 aromatic rings. The quantitative estimate of drug-likeness (QED) is 0.0760. The van der Waals surface area contributed by atoms with Crippen LogP contribution in [-0.2, 0) is 61.9 Å². The van der Waals surface area contributed by atoms with E-state index in [0.29, 0.717) is 26.1 Å². The summed E-state index contributed by atoms with van der Waals surface area (Å²) in [7, 11) is 2.72. The molecule has 5 atom stereocenters. The van der Waals surface area contributed by atoms with Crippen LogP contribution in [0.3, 0.4) is 0 Å². The van der Waals surface area contributed by atoms with Crippen molar-refractivity contribution in [2.75, 3.05) is 60.0 Å². The lowest BCUT2D eigenvalue weighted by Crippen LogP contribution is -2.80. The zero-order chi connectivity index (χ0) is 57.3. The number of likely N-dealkylation sites (tertiary alicyclic amines) is 2. The number of nitrogens with one attached hydrogen (secondary N) is 5. The molecule has 7 aliphatic rings. The lowest BCUT2D eigenvalue weighted by atomic mass is 9.78. The Morgan fingerprint density at radius 1 is 0.632 bits per heavy atom. The second-order valence-corrected chi connectivity index (χ2v) is 21.2. The lowest BCUT2D eigenvalue weighted by molar-refractivity contribution is -0.156. The summed E-state index contributed by atoms with van der Waals surface area (Å²) in [5, 5.41) is 22.3. The van der Waals surface area contributed by atoms with Gasteiger partial charge >= 0.3 is 48.6 Å². The van der Waals surface area contributed by atoms with E-state index in [2.05, 4.69) is 40.8 Å². The highest BCUT2D eigenvalue weighted by molar-refractivity contribution is 5.97. The van der Waals surface area contributed by atoms with Crippen LogP contribution < -0.4 is 26.6 Å². The van der Waals surface area contributed by atoms with E-state index >= 15 is 0 Å². The first-order valence-electron chi connectivity index (χ1n) is 23.6. The Kier molecular flexibility index (Phi) is 28.8. The minimum atomic E-state index is -4.64. The molecule has 7 rings (SSSR count). The number of hydrogen-bond donors (Lipinski definition) is 6. The molecule has 7 heterocycles. The second-order valence-electron chi connectivity index (χ2n) is 21.2. The number of nitrogens with zero attached hydrogens (tertiary/aromatic N) is 2. The highest BCUT2D eigenvalue weighted by Gasteiger charge is 2.60. The smallest absolute Gasteiger partial charge is 0.480 e. The number of rotatable bonds is 3. The first-order valence-corrected chi connectivity index (χ1v) is 23.6. The number of hydrogen-bond acceptors (Lipinski definition) is 20. The third-order valence-corrected chi connectivity index (χ3v) is 10.5. The fourth-order valence-corrected chi connectivity index (χ4v) is 6.06. The first kappa shape index (κ1) is 72.3. The van der Waals surface area contributed by atoms with Crippen molar-refractivity contribution in [2.45, 2.75) is 180 Å². The van der Waals surface area contributed by atoms with Gasteiger partial charge in [0.05, 0.1) is 20.8 Å². The van der Waals surface area contributed by atoms with Gasteiger partial charge < -0.3 is 64.8 Å². The average Bonchev–Trinajstić information content (AvgIpc) is 3.11. The monoisotopic (exact) mass is 1120 g/mol. The van der Waals surface area contributed by atoms with Crippen molar-refractivity contribution in [1.29, 1.82) is 0 Å². The van der Waals surface area contributed by atoms with E-state index in [1.54, 1.807) is 62.3 Å². The number of carboxylic acids is 1. The van der Waals surface area contributed by atoms with Crippen LogP contribution in [0.1, 0.15) is 123 Å². The van der Waals surface area contributed by atoms with Gasteiger partial charge in [0.15, 0.2) is 0 Å². The summed E-state index contributed by atoms with van der Waals surface area (Å²) in [6, 6.07) is -0.732. The number of halogens is 4. The number of carbonyl (C=O) groups is 10. The average molecular weight is 1120 g/mol. The van der Waals surface area contributed by atoms with Crippen LogP contribution in [0.15, 0.2) is 0 Å². The molecule has 7 aliphatic heterocycles. The number of alkyl halides is 3. The maximum absolute atomic E-state index is 11.7. The molecule has 7 fully saturated rings. The van der Waals surface area contributed by atoms with Gasteiger partial charge in [0.2, 0.25) is 18.1 Å². The minimum Gasteiger partial charge on any atom is -0.480 e. The molecule has 7 saturated heterocycles. The Morgan fingerprint density at radius 2 is 1.05 bits per heavy atom. The molecule has 0 saturated carbocycles. The molecule has 440 valence electrons. The molecule has 0 aromatic carbocycles. The van der Waals surface area contributed by atoms with Crippen LogP contribution in [0.2, 0.25) is 0 Å². The summed E-state index contributed by atoms with van der Waals surface area (Å²) >= 11 is 0. The first-order chi connectivity index (χ1) is 33.7. The summed E-state index contributed by atoms with van der Waals surface area (Å²) in [5.41, 5.74) is -3.11. The van der Waals surface area contributed by atoms with E-state index in [0.717, 1.165) is 51.9 Å². The summed E-state index contributed by atoms with van der Waals surface area (Å²) in [4.78, 5) is 111. The van der Waals surface area contributed by atoms with Crippen LogP contribution in [0.4, 0.5) is 32.3 Å². The summed E-state index contributed by atoms with van der Waals surface area (Å²) in [5.74, 6) is -1.13. The molecule has 0 aromatic heterocycles. The summed E-state index contributed by atoms with van der Waals surface area (Å²) in [6.07, 6.45) is -4.53. The SMILES string of the molecule is C.CC(C)(C)OC(=O)N1CCC12CNC2=O.CC(C)(C)OC(=O)OC(=O)OC(C)(C)C.COC(=O)C1CCN1.COC(=O)C1CCN1C(=O)OC(C)(C)C.Cl.O=C(O)C1CCN1.O=C1NCC12CCN2.O=CC(F)(F)F. The highest BCUT2D eigenvalue weighted by atomic mass is 35.5. The number of β-lactam (4-membered cyclic amide) rings is 2. The molecule has 29 heteroatoms. The van der Waals surface area contributed by atoms with Crippen molar-refractivity contribution in [2.24, 2.45) is 0 Å². The number of aliphatic carboxylic acids is 1. The van der Waals surface area contributed by atoms with Crippen molar-refractivity contribution in [3.05, 3.63) is 0 Å². The number of aldehydes is 1. The number of ether oxygens (including phenoxy) is 7. The lowest BCUT2D eigenvalue weighted by Gasteiger charge is -2.55. The minimum absolute atomic E-state index is 0. The highest BCUT2D eigenvalue weighted by Crippen LogP contribution is 2.36. The molecule has 25 nitrogen and oxygen atoms in total. The fraction of sp³-hybridized carbons (Fsp3) is 0.787. The maximum atomic E-state index is 11.7. The Labute approximate surface area is 448 Å². The number of carboxylic acid groups (broad SMARTS) is 1. The van der Waals surface area contributed by atoms with Gasteiger partial charge in [-0.15, -0.1) is 12.4 Å². The molecule has 5 unspecified atom stereocenters. The van der Waals surface area contributed by atoms with Crippen molar-refractivity contribution >= 4 is 72.9 Å². The van der Waals surface area contributed by atoms with Gasteiger partial charge in [0, 0.05) is 19.6 Å². The van der Waals surface area contributed by atoms with Gasteiger partial charge in [0.1, 0.15) is 51.6 Å². The third-order valence-electron chi connectivity index (χ3n) is 10.5. The van der Waals surface area contributed by atoms with Gasteiger partial charge in [-0.1, -0.05) is 7.43 Å². The number of esters is 2. The van der Waals surface area contributed by atoms with Crippen LogP contribution in [0.25, 0.3) is 0 Å². The molecule has 76 heavy (non-hydrogen) atoms. The van der Waals surface area contributed by atoms with E-state index < -0.39 is 70.8 Å². The Balaban J connectivity index is 0. The van der Waals surface area contributed by atoms with Gasteiger partial charge in [-0.05, 0) is 135 Å². The van der Waals surface area contributed by atoms with Crippen LogP contribution in [0, 0.1) is 0 Å². The molecule has 2 spiro atoms. The number of methoxy groups -OCH3 is 2. The predicted octanol–water partition coefficient (Wildman–Crippen LogP) is 4.15. The third kappa shape index (κ3) is 25.4. The molecule has 0 aliphatic carbocycles. The van der Waals surface area contributed by atoms with E-state index in [1.165, 1.54) is 24.0 Å². The van der Waals surface area contributed by atoms with Crippen LogP contribution >= 0.6 is 12.4 Å². The number of amides is 4. The molecular weight excluding hydrogens is 1040 g/mol. The van der Waals surface area contributed by atoms with Crippen LogP contribution in [0.5, 0.6) is 0 Å².